The van der Waals surface area contributed by atoms with Gasteiger partial charge in [-0.15, -0.1) is 0 Å². The number of nitrogens with two attached hydrogens (primary N) is 1. The molecule has 0 bridgehead atoms. The van der Waals surface area contributed by atoms with Crippen LogP contribution in [0.5, 0.6) is 0 Å². The third-order valence-corrected chi connectivity index (χ3v) is 0.407. The van der Waals surface area contributed by atoms with Gasteiger partial charge in [0.25, 0.3) is 0 Å². The molecule has 1 aromatic heterocycles. The molecule has 6 heavy (non-hydrogen) atoms. The molecule has 0 radical (unpaired) electrons. The van der Waals surface area contributed by atoms with E-state index in [4.69, 9.17) is 5.73 Å². The smallest absolute Gasteiger partial charge is 0.00938 e. The third kappa shape index (κ3) is 0.337. The first-order valence-electron chi connectivity index (χ1n) is 1.47. The number of anilines is 1. The Balaban J connectivity index is 3.05. The van der Waals surface area contributed by atoms with E-state index >= 15 is 0 Å². The lowest BCUT2D eigenvalue weighted by molar-refractivity contribution is 0.418. The number of nitrogen functional groups attached to an aromatic ring is 1. The minimum absolute atomic E-state index is 0.440. The zero-order valence-electron chi connectivity index (χ0n) is 3.01. The Morgan fingerprint density at radius 2 is 2.83 bits per heavy atom. The van der Waals surface area contributed by atoms with Gasteiger partial charge in [0.1, 0.15) is 0 Å². The van der Waals surface area contributed by atoms with Crippen LogP contribution in [-0.2, 0) is 0 Å². The lowest BCUT2D eigenvalue weighted by Gasteiger charge is -1.77. The first-order valence-corrected chi connectivity index (χ1v) is 1.47. The summed E-state index contributed by atoms with van der Waals surface area (Å²) in [5.74, 6) is 0. The second-order valence-electron chi connectivity index (χ2n) is 0.882. The van der Waals surface area contributed by atoms with Crippen LogP contribution in [0.2, 0.25) is 0 Å². The Labute approximate surface area is 34.7 Å². The van der Waals surface area contributed by atoms with Crippen molar-refractivity contribution in [1.29, 1.82) is 0 Å². The van der Waals surface area contributed by atoms with Crippen LogP contribution < -0.4 is 5.73 Å². The summed E-state index contributed by atoms with van der Waals surface area (Å²) in [6.07, 6.45) is 3.68. The van der Waals surface area contributed by atoms with Gasteiger partial charge in [0.05, 0.1) is 0 Å². The number of nitrogens with zero attached hydrogens (tertiary/aromatic N) is 1. The molecule has 0 unspecified atom stereocenters. The molecule has 0 aliphatic rings. The van der Waals surface area contributed by atoms with Crippen LogP contribution in [0.25, 0.3) is 0 Å². The Hall–Kier alpha value is -0.990. The molecular formula is C3H3N2O-. The van der Waals surface area contributed by atoms with Crippen molar-refractivity contribution in [2.24, 2.45) is 0 Å². The summed E-state index contributed by atoms with van der Waals surface area (Å²) in [6.45, 7) is 0. The van der Waals surface area contributed by atoms with Crippen LogP contribution in [0.3, 0.4) is 0 Å². The molecule has 0 aliphatic carbocycles. The lowest BCUT2D eigenvalue weighted by atomic mass is 10.6. The van der Waals surface area contributed by atoms with E-state index in [0.717, 1.165) is 0 Å². The first-order chi connectivity index (χ1) is 2.89. The highest BCUT2D eigenvalue weighted by molar-refractivity contribution is 5.26. The topological polar surface area (TPSA) is 52.0 Å². The minimum Gasteiger partial charge on any atom is -0.472 e. The molecule has 0 saturated carbocycles. The minimum atomic E-state index is 0.440. The molecule has 0 fully saturated rings. The van der Waals surface area contributed by atoms with E-state index in [0.29, 0.717) is 5.69 Å². The van der Waals surface area contributed by atoms with E-state index in [1.807, 2.05) is 0 Å². The van der Waals surface area contributed by atoms with Gasteiger partial charge in [-0.05, 0) is 6.26 Å². The molecule has 3 heteroatoms. The first kappa shape index (κ1) is 3.21. The number of aromatic nitrogens is 1. The Morgan fingerprint density at radius 3 is 3.00 bits per heavy atom. The maximum atomic E-state index is 5.07. The van der Waals surface area contributed by atoms with Crippen molar-refractivity contribution in [2.45, 2.75) is 0 Å². The maximum absolute atomic E-state index is 5.07. The van der Waals surface area contributed by atoms with Crippen LogP contribution in [-0.4, -0.2) is 5.16 Å². The van der Waals surface area contributed by atoms with Crippen molar-refractivity contribution in [3.05, 3.63) is 12.5 Å². The van der Waals surface area contributed by atoms with Crippen LogP contribution in [0.4, 0.5) is 5.69 Å². The predicted octanol–water partition coefficient (Wildman–Crippen LogP) is 0.0570. The zero-order valence-corrected chi connectivity index (χ0v) is 3.01. The molecule has 0 saturated heterocycles. The fourth-order valence-corrected chi connectivity index (χ4v) is 0.189. The molecule has 2 N–H and O–H groups in total. The van der Waals surface area contributed by atoms with Gasteiger partial charge in [-0.25, -0.2) is 5.16 Å². The van der Waals surface area contributed by atoms with Gasteiger partial charge in [-0.3, -0.25) is 0 Å². The van der Waals surface area contributed by atoms with E-state index in [2.05, 4.69) is 15.9 Å². The molecule has 1 heterocycles. The fraction of sp³-hybridized carbons (Fsp3) is 0. The van der Waals surface area contributed by atoms with Crippen molar-refractivity contribution in [3.8, 4) is 0 Å². The molecule has 0 aromatic carbocycles. The van der Waals surface area contributed by atoms with Crippen molar-refractivity contribution in [2.75, 3.05) is 5.73 Å². The van der Waals surface area contributed by atoms with Gasteiger partial charge in [0.2, 0.25) is 0 Å². The van der Waals surface area contributed by atoms with E-state index in [-0.39, 0.29) is 0 Å². The Kier molecular flexibility index (Phi) is 0.538. The standard InChI is InChI=1S/C3H3N2O/c4-3-1-5-6-2-3/h2H,4H2/q-1. The normalized spacial score (nSPS) is 8.67. The molecule has 32 valence electrons. The quantitative estimate of drug-likeness (QED) is 0.451. The fourth-order valence-electron chi connectivity index (χ4n) is 0.189. The monoisotopic (exact) mass is 83.0 g/mol. The largest absolute Gasteiger partial charge is 0.472 e. The van der Waals surface area contributed by atoms with Gasteiger partial charge in [-0.1, -0.05) is 11.9 Å². The van der Waals surface area contributed by atoms with Gasteiger partial charge in [0.15, 0.2) is 0 Å². The number of hydrogen-bond donors (Lipinski definition) is 1. The molecule has 1 aromatic rings. The highest BCUT2D eigenvalue weighted by atomic mass is 16.5. The zero-order chi connectivity index (χ0) is 4.41. The summed E-state index contributed by atoms with van der Waals surface area (Å²) in [4.78, 5) is 0. The Morgan fingerprint density at radius 1 is 2.00 bits per heavy atom. The van der Waals surface area contributed by atoms with Crippen molar-refractivity contribution in [3.63, 3.8) is 0 Å². The number of rotatable bonds is 0. The van der Waals surface area contributed by atoms with Crippen LogP contribution >= 0.6 is 0 Å². The van der Waals surface area contributed by atoms with Crippen molar-refractivity contribution in [1.82, 2.24) is 5.16 Å². The van der Waals surface area contributed by atoms with Crippen LogP contribution in [0, 0.1) is 6.20 Å². The maximum Gasteiger partial charge on any atom is -0.00938 e. The van der Waals surface area contributed by atoms with Gasteiger partial charge < -0.3 is 10.3 Å². The molecule has 1 rings (SSSR count). The van der Waals surface area contributed by atoms with Gasteiger partial charge in [-0.2, -0.15) is 0 Å². The van der Waals surface area contributed by atoms with E-state index in [1.165, 1.54) is 6.26 Å². The summed E-state index contributed by atoms with van der Waals surface area (Å²) in [6, 6.07) is 0. The second-order valence-corrected chi connectivity index (χ2v) is 0.882. The molecular weight excluding hydrogens is 80.0 g/mol. The summed E-state index contributed by atoms with van der Waals surface area (Å²) >= 11 is 0. The highest BCUT2D eigenvalue weighted by Crippen LogP contribution is 1.91. The van der Waals surface area contributed by atoms with Gasteiger partial charge >= 0.3 is 0 Å². The second kappa shape index (κ2) is 1.01. The van der Waals surface area contributed by atoms with E-state index < -0.39 is 0 Å². The average molecular weight is 83.1 g/mol. The molecule has 0 aliphatic heterocycles. The average Bonchev–Trinajstić information content (AvgIpc) is 1.86. The summed E-state index contributed by atoms with van der Waals surface area (Å²) in [7, 11) is 0. The van der Waals surface area contributed by atoms with E-state index in [9.17, 15) is 0 Å². The summed E-state index contributed by atoms with van der Waals surface area (Å²) in [5.41, 5.74) is 5.51. The van der Waals surface area contributed by atoms with Crippen molar-refractivity contribution >= 4 is 5.69 Å². The summed E-state index contributed by atoms with van der Waals surface area (Å²) in [5, 5.41) is 3.20. The van der Waals surface area contributed by atoms with Gasteiger partial charge in [0, 0.05) is 0 Å². The summed E-state index contributed by atoms with van der Waals surface area (Å²) < 4.78 is 4.28. The lowest BCUT2D eigenvalue weighted by Crippen LogP contribution is -1.75. The predicted molar refractivity (Wildman–Crippen MR) is 19.8 cm³/mol. The van der Waals surface area contributed by atoms with Crippen LogP contribution in [0.1, 0.15) is 0 Å². The molecule has 0 atom stereocenters. The highest BCUT2D eigenvalue weighted by Gasteiger charge is 1.63. The number of hydrogen-bond acceptors (Lipinski definition) is 3. The third-order valence-electron chi connectivity index (χ3n) is 0.407. The molecule has 3 nitrogen and oxygen atoms in total. The van der Waals surface area contributed by atoms with Crippen LogP contribution in [0.15, 0.2) is 10.8 Å². The SMILES string of the molecule is Nc1[c-]noc1. The molecule has 0 amide bonds. The Bertz CT molecular complexity index is 112. The van der Waals surface area contributed by atoms with Crippen molar-refractivity contribution < 1.29 is 4.52 Å². The molecule has 0 spiro atoms. The van der Waals surface area contributed by atoms with E-state index in [1.54, 1.807) is 0 Å².